The van der Waals surface area contributed by atoms with Crippen molar-refractivity contribution in [2.75, 3.05) is 0 Å². The molecular weight excluding hydrogens is 282 g/mol. The molecule has 1 aromatic rings. The van der Waals surface area contributed by atoms with Gasteiger partial charge in [0.2, 0.25) is 0 Å². The molecule has 0 amide bonds. The fourth-order valence-corrected chi connectivity index (χ4v) is 3.29. The van der Waals surface area contributed by atoms with Gasteiger partial charge in [0.05, 0.1) is 6.10 Å². The van der Waals surface area contributed by atoms with Gasteiger partial charge in [-0.25, -0.2) is 4.68 Å². The first-order valence-corrected chi connectivity index (χ1v) is 7.21. The molecule has 2 rings (SSSR count). The van der Waals surface area contributed by atoms with Crippen LogP contribution in [-0.4, -0.2) is 20.1 Å². The number of aliphatic hydroxyl groups is 1. The molecule has 1 unspecified atom stereocenters. The van der Waals surface area contributed by atoms with E-state index in [-0.39, 0.29) is 0 Å². The molecule has 0 radical (unpaired) electrons. The lowest BCUT2D eigenvalue weighted by molar-refractivity contribution is 0.142. The first-order chi connectivity index (χ1) is 8.18. The van der Waals surface area contributed by atoms with E-state index >= 15 is 0 Å². The number of aliphatic hydroxyl groups excluding tert-OH is 1. The Morgan fingerprint density at radius 1 is 1.41 bits per heavy atom. The summed E-state index contributed by atoms with van der Waals surface area (Å²) in [5.41, 5.74) is 0.792. The van der Waals surface area contributed by atoms with Gasteiger partial charge in [-0.1, -0.05) is 37.3 Å². The third-order valence-electron chi connectivity index (χ3n) is 3.72. The average molecular weight is 302 g/mol. The molecule has 1 N–H and O–H groups in total. The Hall–Kier alpha value is -0.420. The zero-order valence-corrected chi connectivity index (χ0v) is 11.9. The number of rotatable bonds is 4. The van der Waals surface area contributed by atoms with E-state index in [1.54, 1.807) is 4.68 Å². The van der Waals surface area contributed by atoms with Crippen LogP contribution in [0.2, 0.25) is 0 Å². The normalized spacial score (nSPS) is 19.5. The molecule has 1 aliphatic rings. The molecule has 17 heavy (non-hydrogen) atoms. The Morgan fingerprint density at radius 2 is 2.12 bits per heavy atom. The lowest BCUT2D eigenvalue weighted by Crippen LogP contribution is -2.10. The van der Waals surface area contributed by atoms with Crippen molar-refractivity contribution in [1.82, 2.24) is 15.0 Å². The minimum absolute atomic E-state index is 0.452. The summed E-state index contributed by atoms with van der Waals surface area (Å²) in [5, 5.41) is 18.0. The van der Waals surface area contributed by atoms with Crippen molar-refractivity contribution in [3.05, 3.63) is 10.3 Å². The van der Waals surface area contributed by atoms with Gasteiger partial charge >= 0.3 is 0 Å². The standard InChI is InChI=1S/C12H20BrN3O/c1-16-11(12(13)14-15-16)10(17)8-7-9-5-3-2-4-6-9/h9-10,17H,2-8H2,1H3. The minimum atomic E-state index is -0.452. The SMILES string of the molecule is Cn1nnc(Br)c1C(O)CCC1CCCCC1. The molecular formula is C12H20BrN3O. The van der Waals surface area contributed by atoms with Gasteiger partial charge in [0.25, 0.3) is 0 Å². The van der Waals surface area contributed by atoms with Crippen LogP contribution in [0.5, 0.6) is 0 Å². The monoisotopic (exact) mass is 301 g/mol. The van der Waals surface area contributed by atoms with Crippen molar-refractivity contribution in [1.29, 1.82) is 0 Å². The number of aromatic nitrogens is 3. The van der Waals surface area contributed by atoms with Crippen LogP contribution in [0, 0.1) is 5.92 Å². The Balaban J connectivity index is 1.86. The highest BCUT2D eigenvalue weighted by atomic mass is 79.9. The molecule has 0 aliphatic heterocycles. The second-order valence-electron chi connectivity index (χ2n) is 4.99. The average Bonchev–Trinajstić information content (AvgIpc) is 2.67. The quantitative estimate of drug-likeness (QED) is 0.930. The van der Waals surface area contributed by atoms with E-state index in [1.165, 1.54) is 32.1 Å². The molecule has 0 spiro atoms. The second kappa shape index (κ2) is 5.96. The molecule has 1 atom stereocenters. The maximum atomic E-state index is 10.2. The summed E-state index contributed by atoms with van der Waals surface area (Å²) in [4.78, 5) is 0. The van der Waals surface area contributed by atoms with Gasteiger partial charge in [-0.15, -0.1) is 5.10 Å². The smallest absolute Gasteiger partial charge is 0.154 e. The van der Waals surface area contributed by atoms with Gasteiger partial charge in [-0.3, -0.25) is 0 Å². The van der Waals surface area contributed by atoms with Crippen molar-refractivity contribution in [3.8, 4) is 0 Å². The first kappa shape index (κ1) is 13.0. The van der Waals surface area contributed by atoms with E-state index < -0.39 is 6.10 Å². The zero-order chi connectivity index (χ0) is 12.3. The van der Waals surface area contributed by atoms with Crippen molar-refractivity contribution < 1.29 is 5.11 Å². The summed E-state index contributed by atoms with van der Waals surface area (Å²) in [6, 6.07) is 0. The third-order valence-corrected chi connectivity index (χ3v) is 4.28. The summed E-state index contributed by atoms with van der Waals surface area (Å²) in [5.74, 6) is 0.804. The highest BCUT2D eigenvalue weighted by Gasteiger charge is 2.20. The van der Waals surface area contributed by atoms with Crippen LogP contribution in [0.1, 0.15) is 56.7 Å². The molecule has 96 valence electrons. The second-order valence-corrected chi connectivity index (χ2v) is 5.74. The number of hydrogen-bond donors (Lipinski definition) is 1. The van der Waals surface area contributed by atoms with Crippen LogP contribution in [0.25, 0.3) is 0 Å². The third kappa shape index (κ3) is 3.28. The Labute approximate surface area is 111 Å². The van der Waals surface area contributed by atoms with Crippen LogP contribution < -0.4 is 0 Å². The topological polar surface area (TPSA) is 50.9 Å². The predicted octanol–water partition coefficient (Wildman–Crippen LogP) is 2.97. The highest BCUT2D eigenvalue weighted by molar-refractivity contribution is 9.10. The molecule has 1 heterocycles. The zero-order valence-electron chi connectivity index (χ0n) is 10.3. The van der Waals surface area contributed by atoms with E-state index in [9.17, 15) is 5.11 Å². The van der Waals surface area contributed by atoms with Gasteiger partial charge in [-0.05, 0) is 34.7 Å². The van der Waals surface area contributed by atoms with E-state index in [0.717, 1.165) is 24.5 Å². The van der Waals surface area contributed by atoms with Crippen LogP contribution in [0.4, 0.5) is 0 Å². The van der Waals surface area contributed by atoms with Gasteiger partial charge in [0.15, 0.2) is 4.60 Å². The molecule has 1 aliphatic carbocycles. The molecule has 0 aromatic carbocycles. The molecule has 1 saturated carbocycles. The van der Waals surface area contributed by atoms with Gasteiger partial charge in [0, 0.05) is 7.05 Å². The fraction of sp³-hybridized carbons (Fsp3) is 0.833. The largest absolute Gasteiger partial charge is 0.387 e. The molecule has 5 heteroatoms. The summed E-state index contributed by atoms with van der Waals surface area (Å²) in [7, 11) is 1.82. The Kier molecular flexibility index (Phi) is 4.56. The van der Waals surface area contributed by atoms with E-state index in [1.807, 2.05) is 7.05 Å². The highest BCUT2D eigenvalue weighted by Crippen LogP contribution is 2.31. The van der Waals surface area contributed by atoms with Gasteiger partial charge in [-0.2, -0.15) is 0 Å². The number of nitrogens with zero attached hydrogens (tertiary/aromatic N) is 3. The maximum absolute atomic E-state index is 10.2. The van der Waals surface area contributed by atoms with E-state index in [4.69, 9.17) is 0 Å². The molecule has 4 nitrogen and oxygen atoms in total. The van der Waals surface area contributed by atoms with Crippen molar-refractivity contribution in [2.45, 2.75) is 51.0 Å². The number of hydrogen-bond acceptors (Lipinski definition) is 3. The molecule has 0 saturated heterocycles. The van der Waals surface area contributed by atoms with E-state index in [2.05, 4.69) is 26.2 Å². The van der Waals surface area contributed by atoms with Gasteiger partial charge < -0.3 is 5.11 Å². The number of halogens is 1. The van der Waals surface area contributed by atoms with Crippen molar-refractivity contribution in [2.24, 2.45) is 13.0 Å². The van der Waals surface area contributed by atoms with Crippen molar-refractivity contribution in [3.63, 3.8) is 0 Å². The summed E-state index contributed by atoms with van der Waals surface area (Å²) < 4.78 is 2.31. The van der Waals surface area contributed by atoms with Crippen LogP contribution in [0.15, 0.2) is 4.60 Å². The number of aryl methyl sites for hydroxylation is 1. The maximum Gasteiger partial charge on any atom is 0.154 e. The molecule has 0 bridgehead atoms. The van der Waals surface area contributed by atoms with Crippen molar-refractivity contribution >= 4 is 15.9 Å². The summed E-state index contributed by atoms with van der Waals surface area (Å²) in [6.07, 6.45) is 8.23. The molecule has 1 fully saturated rings. The Morgan fingerprint density at radius 3 is 2.71 bits per heavy atom. The van der Waals surface area contributed by atoms with Crippen LogP contribution in [0.3, 0.4) is 0 Å². The minimum Gasteiger partial charge on any atom is -0.387 e. The van der Waals surface area contributed by atoms with Crippen LogP contribution >= 0.6 is 15.9 Å². The lowest BCUT2D eigenvalue weighted by atomic mass is 9.85. The first-order valence-electron chi connectivity index (χ1n) is 6.41. The predicted molar refractivity (Wildman–Crippen MR) is 69.5 cm³/mol. The van der Waals surface area contributed by atoms with E-state index in [0.29, 0.717) is 4.60 Å². The fourth-order valence-electron chi connectivity index (χ4n) is 2.70. The van der Waals surface area contributed by atoms with Gasteiger partial charge in [0.1, 0.15) is 5.69 Å². The lowest BCUT2D eigenvalue weighted by Gasteiger charge is -2.22. The summed E-state index contributed by atoms with van der Waals surface area (Å²) in [6.45, 7) is 0. The summed E-state index contributed by atoms with van der Waals surface area (Å²) >= 11 is 3.33. The molecule has 1 aromatic heterocycles. The Bertz CT molecular complexity index is 341. The van der Waals surface area contributed by atoms with Crippen LogP contribution in [-0.2, 0) is 7.05 Å².